The SMILES string of the molecule is C=C(C)O[Si](CNc1ccccc1)(OC(=C)C)OC(=C)C. The summed E-state index contributed by atoms with van der Waals surface area (Å²) in [7, 11) is -3.08. The number of nitrogens with one attached hydrogen (secondary N) is 1. The van der Waals surface area contributed by atoms with Crippen molar-refractivity contribution in [2.45, 2.75) is 20.8 Å². The molecule has 0 aliphatic heterocycles. The normalized spacial score (nSPS) is 10.4. The third kappa shape index (κ3) is 6.22. The number of allylic oxidation sites excluding steroid dienone is 3. The highest BCUT2D eigenvalue weighted by molar-refractivity contribution is 6.62. The standard InChI is InChI=1S/C16H23NO3Si/c1-13(2)18-21(19-14(3)4,20-15(5)6)12-17-16-10-8-7-9-11-16/h7-11,17H,1,3,5,12H2,2,4,6H3. The van der Waals surface area contributed by atoms with E-state index in [-0.39, 0.29) is 0 Å². The van der Waals surface area contributed by atoms with E-state index >= 15 is 0 Å². The first-order valence-electron chi connectivity index (χ1n) is 6.65. The van der Waals surface area contributed by atoms with E-state index in [0.717, 1.165) is 5.69 Å². The van der Waals surface area contributed by atoms with Crippen molar-refractivity contribution in [3.8, 4) is 0 Å². The molecular weight excluding hydrogens is 282 g/mol. The Balaban J connectivity index is 2.93. The summed E-state index contributed by atoms with van der Waals surface area (Å²) >= 11 is 0. The van der Waals surface area contributed by atoms with Gasteiger partial charge in [0.25, 0.3) is 0 Å². The van der Waals surface area contributed by atoms with Gasteiger partial charge in [0.05, 0.1) is 17.3 Å². The van der Waals surface area contributed by atoms with Crippen molar-refractivity contribution in [1.82, 2.24) is 0 Å². The Labute approximate surface area is 128 Å². The Hall–Kier alpha value is -2.14. The van der Waals surface area contributed by atoms with Crippen molar-refractivity contribution in [3.63, 3.8) is 0 Å². The smallest absolute Gasteiger partial charge is 0.487 e. The van der Waals surface area contributed by atoms with Crippen molar-refractivity contribution in [2.24, 2.45) is 0 Å². The Morgan fingerprint density at radius 2 is 1.33 bits per heavy atom. The predicted octanol–water partition coefficient (Wildman–Crippen LogP) is 4.23. The monoisotopic (exact) mass is 305 g/mol. The zero-order chi connectivity index (χ0) is 15.9. The molecule has 0 saturated carbocycles. The van der Waals surface area contributed by atoms with Crippen LogP contribution in [0.5, 0.6) is 0 Å². The molecule has 0 amide bonds. The Morgan fingerprint density at radius 3 is 1.71 bits per heavy atom. The molecule has 21 heavy (non-hydrogen) atoms. The summed E-state index contributed by atoms with van der Waals surface area (Å²) in [5.74, 6) is 1.58. The van der Waals surface area contributed by atoms with Crippen molar-refractivity contribution in [3.05, 3.63) is 67.3 Å². The molecule has 0 bridgehead atoms. The number of anilines is 1. The molecule has 5 heteroatoms. The van der Waals surface area contributed by atoms with Gasteiger partial charge < -0.3 is 18.6 Å². The molecule has 0 fully saturated rings. The summed E-state index contributed by atoms with van der Waals surface area (Å²) in [4.78, 5) is 0. The van der Waals surface area contributed by atoms with Gasteiger partial charge in [-0.3, -0.25) is 0 Å². The van der Waals surface area contributed by atoms with E-state index in [0.29, 0.717) is 23.4 Å². The molecule has 0 aliphatic rings. The highest BCUT2D eigenvalue weighted by Crippen LogP contribution is 2.21. The van der Waals surface area contributed by atoms with E-state index in [4.69, 9.17) is 13.3 Å². The lowest BCUT2D eigenvalue weighted by atomic mass is 10.3. The zero-order valence-corrected chi connectivity index (χ0v) is 13.9. The molecule has 0 saturated heterocycles. The minimum atomic E-state index is -3.08. The first kappa shape index (κ1) is 16.9. The van der Waals surface area contributed by atoms with Gasteiger partial charge >= 0.3 is 8.80 Å². The number of benzene rings is 1. The Morgan fingerprint density at radius 1 is 0.905 bits per heavy atom. The van der Waals surface area contributed by atoms with Crippen LogP contribution in [0.3, 0.4) is 0 Å². The van der Waals surface area contributed by atoms with Crippen molar-refractivity contribution in [1.29, 1.82) is 0 Å². The minimum Gasteiger partial charge on any atom is -0.487 e. The van der Waals surface area contributed by atoms with Crippen LogP contribution < -0.4 is 5.32 Å². The van der Waals surface area contributed by atoms with E-state index in [1.54, 1.807) is 20.8 Å². The molecule has 4 nitrogen and oxygen atoms in total. The van der Waals surface area contributed by atoms with Crippen LogP contribution in [0.4, 0.5) is 5.69 Å². The second-order valence-electron chi connectivity index (χ2n) is 4.81. The Bertz CT molecular complexity index is 473. The van der Waals surface area contributed by atoms with Crippen LogP contribution in [-0.2, 0) is 13.3 Å². The van der Waals surface area contributed by atoms with Gasteiger partial charge in [-0.1, -0.05) is 37.9 Å². The number of para-hydroxylation sites is 1. The number of hydrogen-bond acceptors (Lipinski definition) is 4. The fourth-order valence-electron chi connectivity index (χ4n) is 1.73. The van der Waals surface area contributed by atoms with Crippen LogP contribution in [0.2, 0.25) is 0 Å². The summed E-state index contributed by atoms with van der Waals surface area (Å²) in [5.41, 5.74) is 0.954. The maximum Gasteiger partial charge on any atom is 0.718 e. The lowest BCUT2D eigenvalue weighted by Crippen LogP contribution is -2.51. The lowest BCUT2D eigenvalue weighted by Gasteiger charge is -2.30. The minimum absolute atomic E-state index is 0.379. The van der Waals surface area contributed by atoms with E-state index in [1.165, 1.54) is 0 Å². The highest BCUT2D eigenvalue weighted by Gasteiger charge is 2.49. The maximum atomic E-state index is 5.80. The zero-order valence-electron chi connectivity index (χ0n) is 12.9. The first-order chi connectivity index (χ1) is 9.83. The molecule has 114 valence electrons. The van der Waals surface area contributed by atoms with E-state index in [2.05, 4.69) is 25.1 Å². The van der Waals surface area contributed by atoms with Crippen LogP contribution in [0, 0.1) is 0 Å². The summed E-state index contributed by atoms with van der Waals surface area (Å²) in [6, 6.07) is 9.77. The summed E-state index contributed by atoms with van der Waals surface area (Å²) in [5, 5.41) is 3.27. The summed E-state index contributed by atoms with van der Waals surface area (Å²) < 4.78 is 17.4. The van der Waals surface area contributed by atoms with Gasteiger partial charge in [-0.15, -0.1) is 0 Å². The van der Waals surface area contributed by atoms with Crippen LogP contribution in [0.1, 0.15) is 20.8 Å². The van der Waals surface area contributed by atoms with Gasteiger partial charge in [0.2, 0.25) is 0 Å². The van der Waals surface area contributed by atoms with Gasteiger partial charge in [-0.05, 0) is 32.9 Å². The van der Waals surface area contributed by atoms with Crippen LogP contribution in [0.25, 0.3) is 0 Å². The number of rotatable bonds is 9. The molecule has 0 aromatic heterocycles. The molecule has 0 aliphatic carbocycles. The van der Waals surface area contributed by atoms with E-state index in [9.17, 15) is 0 Å². The first-order valence-corrected chi connectivity index (χ1v) is 8.59. The van der Waals surface area contributed by atoms with Gasteiger partial charge in [0.1, 0.15) is 6.17 Å². The molecule has 0 atom stereocenters. The predicted molar refractivity (Wildman–Crippen MR) is 88.4 cm³/mol. The third-order valence-corrected chi connectivity index (χ3v) is 4.86. The second-order valence-corrected chi connectivity index (χ2v) is 7.15. The third-order valence-electron chi connectivity index (χ3n) is 2.27. The Kier molecular flexibility index (Phi) is 6.11. The van der Waals surface area contributed by atoms with Crippen molar-refractivity contribution >= 4 is 14.5 Å². The average molecular weight is 305 g/mol. The molecule has 0 unspecified atom stereocenters. The molecule has 1 aromatic rings. The molecular formula is C16H23NO3Si. The van der Waals surface area contributed by atoms with E-state index in [1.807, 2.05) is 30.3 Å². The van der Waals surface area contributed by atoms with Crippen LogP contribution in [0.15, 0.2) is 67.3 Å². The highest BCUT2D eigenvalue weighted by atomic mass is 28.4. The molecule has 1 rings (SSSR count). The quantitative estimate of drug-likeness (QED) is 0.547. The molecule has 0 spiro atoms. The van der Waals surface area contributed by atoms with Crippen molar-refractivity contribution < 1.29 is 13.3 Å². The van der Waals surface area contributed by atoms with Gasteiger partial charge in [-0.2, -0.15) is 0 Å². The largest absolute Gasteiger partial charge is 0.718 e. The number of hydrogen-bond donors (Lipinski definition) is 1. The molecule has 0 heterocycles. The molecule has 1 N–H and O–H groups in total. The average Bonchev–Trinajstić information content (AvgIpc) is 2.35. The van der Waals surface area contributed by atoms with Crippen molar-refractivity contribution in [2.75, 3.05) is 11.5 Å². The van der Waals surface area contributed by atoms with Gasteiger partial charge in [-0.25, -0.2) is 0 Å². The van der Waals surface area contributed by atoms with Gasteiger partial charge in [0.15, 0.2) is 0 Å². The van der Waals surface area contributed by atoms with Gasteiger partial charge in [0, 0.05) is 5.69 Å². The van der Waals surface area contributed by atoms with Crippen LogP contribution in [-0.4, -0.2) is 15.0 Å². The molecule has 1 aromatic carbocycles. The lowest BCUT2D eigenvalue weighted by molar-refractivity contribution is 0.147. The second kappa shape index (κ2) is 7.59. The topological polar surface area (TPSA) is 39.7 Å². The summed E-state index contributed by atoms with van der Waals surface area (Å²) in [6.45, 7) is 16.6. The fraction of sp³-hybridized carbons (Fsp3) is 0.250. The molecule has 0 radical (unpaired) electrons. The van der Waals surface area contributed by atoms with E-state index < -0.39 is 8.80 Å². The summed E-state index contributed by atoms with van der Waals surface area (Å²) in [6.07, 6.45) is 0.379. The maximum absolute atomic E-state index is 5.80. The fourth-order valence-corrected chi connectivity index (χ4v) is 4.09. The van der Waals surface area contributed by atoms with Crippen LogP contribution >= 0.6 is 0 Å².